The molecule has 0 spiro atoms. The number of rotatable bonds is 7. The van der Waals surface area contributed by atoms with Crippen LogP contribution >= 0.6 is 11.6 Å². The van der Waals surface area contributed by atoms with Gasteiger partial charge in [-0.1, -0.05) is 24.4 Å². The quantitative estimate of drug-likeness (QED) is 0.594. The van der Waals surface area contributed by atoms with Gasteiger partial charge in [0.15, 0.2) is 5.96 Å². The van der Waals surface area contributed by atoms with Crippen molar-refractivity contribution >= 4 is 17.6 Å². The van der Waals surface area contributed by atoms with Gasteiger partial charge in [-0.2, -0.15) is 8.78 Å². The van der Waals surface area contributed by atoms with Crippen molar-refractivity contribution in [2.75, 3.05) is 13.6 Å². The lowest BCUT2D eigenvalue weighted by molar-refractivity contribution is -0.0504. The van der Waals surface area contributed by atoms with Gasteiger partial charge in [0.05, 0.1) is 0 Å². The smallest absolute Gasteiger partial charge is 0.387 e. The molecule has 0 bridgehead atoms. The van der Waals surface area contributed by atoms with E-state index in [1.165, 1.54) is 25.0 Å². The van der Waals surface area contributed by atoms with Gasteiger partial charge in [-0.25, -0.2) is 0 Å². The molecule has 22 heavy (non-hydrogen) atoms. The van der Waals surface area contributed by atoms with Crippen molar-refractivity contribution in [1.82, 2.24) is 10.6 Å². The molecule has 1 aromatic carbocycles. The van der Waals surface area contributed by atoms with E-state index in [1.54, 1.807) is 13.1 Å². The maximum atomic E-state index is 12.4. The number of halogens is 3. The molecule has 0 radical (unpaired) electrons. The molecule has 4 nitrogen and oxygen atoms in total. The normalized spacial score (nSPS) is 15.0. The predicted molar refractivity (Wildman–Crippen MR) is 83.6 cm³/mol. The Morgan fingerprint density at radius 3 is 2.82 bits per heavy atom. The lowest BCUT2D eigenvalue weighted by atomic mass is 10.2. The second-order valence-corrected chi connectivity index (χ2v) is 5.65. The van der Waals surface area contributed by atoms with Crippen LogP contribution in [0, 0.1) is 5.92 Å². The van der Waals surface area contributed by atoms with Gasteiger partial charge in [0.1, 0.15) is 5.75 Å². The maximum Gasteiger partial charge on any atom is 0.387 e. The molecule has 0 atom stereocenters. The van der Waals surface area contributed by atoms with Crippen molar-refractivity contribution in [3.63, 3.8) is 0 Å². The Hall–Kier alpha value is -1.56. The van der Waals surface area contributed by atoms with E-state index >= 15 is 0 Å². The third-order valence-corrected chi connectivity index (χ3v) is 3.69. The minimum atomic E-state index is -2.86. The van der Waals surface area contributed by atoms with Crippen molar-refractivity contribution in [2.45, 2.75) is 32.4 Å². The first-order chi connectivity index (χ1) is 10.6. The number of hydrogen-bond donors (Lipinski definition) is 2. The molecule has 2 rings (SSSR count). The van der Waals surface area contributed by atoms with Crippen LogP contribution in [0.5, 0.6) is 5.75 Å². The minimum Gasteiger partial charge on any atom is -0.434 e. The summed E-state index contributed by atoms with van der Waals surface area (Å²) in [5, 5.41) is 6.75. The summed E-state index contributed by atoms with van der Waals surface area (Å²) in [5.74, 6) is 1.58. The summed E-state index contributed by atoms with van der Waals surface area (Å²) in [5.41, 5.74) is 0.554. The zero-order chi connectivity index (χ0) is 15.9. The first kappa shape index (κ1) is 16.8. The fraction of sp³-hybridized carbons (Fsp3) is 0.533. The number of guanidine groups is 1. The monoisotopic (exact) mass is 331 g/mol. The van der Waals surface area contributed by atoms with E-state index in [1.807, 2.05) is 0 Å². The third kappa shape index (κ3) is 5.67. The molecule has 1 aromatic rings. The summed E-state index contributed by atoms with van der Waals surface area (Å²) in [4.78, 5) is 4.11. The summed E-state index contributed by atoms with van der Waals surface area (Å²) >= 11 is 5.91. The average Bonchev–Trinajstić information content (AvgIpc) is 3.29. The van der Waals surface area contributed by atoms with E-state index in [-0.39, 0.29) is 5.75 Å². The van der Waals surface area contributed by atoms with Crippen molar-refractivity contribution in [3.05, 3.63) is 28.8 Å². The fourth-order valence-electron chi connectivity index (χ4n) is 2.10. The maximum absolute atomic E-state index is 12.4. The second-order valence-electron chi connectivity index (χ2n) is 5.22. The predicted octanol–water partition coefficient (Wildman–Crippen LogP) is 3.41. The summed E-state index contributed by atoms with van der Waals surface area (Å²) in [7, 11) is 1.67. The number of nitrogens with zero attached hydrogens (tertiary/aromatic N) is 1. The fourth-order valence-corrected chi connectivity index (χ4v) is 2.29. The van der Waals surface area contributed by atoms with E-state index < -0.39 is 6.61 Å². The summed E-state index contributed by atoms with van der Waals surface area (Å²) in [6.07, 6.45) is 3.74. The highest BCUT2D eigenvalue weighted by molar-refractivity contribution is 6.30. The summed E-state index contributed by atoms with van der Waals surface area (Å²) < 4.78 is 29.3. The van der Waals surface area contributed by atoms with Gasteiger partial charge in [-0.3, -0.25) is 4.99 Å². The first-order valence-corrected chi connectivity index (χ1v) is 7.64. The Morgan fingerprint density at radius 1 is 1.41 bits per heavy atom. The van der Waals surface area contributed by atoms with Crippen molar-refractivity contribution in [1.29, 1.82) is 0 Å². The Balaban J connectivity index is 1.88. The van der Waals surface area contributed by atoms with Gasteiger partial charge in [-0.05, 0) is 30.5 Å². The van der Waals surface area contributed by atoms with Crippen LogP contribution in [0.1, 0.15) is 24.8 Å². The molecular formula is C15H20ClF2N3O. The number of ether oxygens (including phenoxy) is 1. The van der Waals surface area contributed by atoms with Gasteiger partial charge in [0.2, 0.25) is 0 Å². The minimum absolute atomic E-state index is 0.111. The lowest BCUT2D eigenvalue weighted by Crippen LogP contribution is -2.37. The summed E-state index contributed by atoms with van der Waals surface area (Å²) in [6.45, 7) is -1.72. The largest absolute Gasteiger partial charge is 0.434 e. The zero-order valence-corrected chi connectivity index (χ0v) is 13.2. The summed E-state index contributed by atoms with van der Waals surface area (Å²) in [6, 6.07) is 4.56. The molecule has 1 aliphatic carbocycles. The highest BCUT2D eigenvalue weighted by atomic mass is 35.5. The molecule has 0 unspecified atom stereocenters. The number of nitrogens with one attached hydrogen (secondary N) is 2. The molecule has 0 aromatic heterocycles. The standard InChI is InChI=1S/C15H20ClF2N3O/c1-19-15(20-7-6-10-2-3-10)21-9-11-8-12(16)4-5-13(11)22-14(17)18/h4-5,8,10,14H,2-3,6-7,9H2,1H3,(H2,19,20,21). The Kier molecular flexibility index (Phi) is 6.24. The van der Waals surface area contributed by atoms with Crippen LogP contribution in [0.4, 0.5) is 8.78 Å². The third-order valence-electron chi connectivity index (χ3n) is 3.45. The van der Waals surface area contributed by atoms with E-state index in [4.69, 9.17) is 11.6 Å². The van der Waals surface area contributed by atoms with Gasteiger partial charge < -0.3 is 15.4 Å². The molecule has 1 saturated carbocycles. The Labute approximate surface area is 133 Å². The Morgan fingerprint density at radius 2 is 2.18 bits per heavy atom. The second kappa shape index (κ2) is 8.17. The number of aliphatic imine (C=N–C) groups is 1. The van der Waals surface area contributed by atoms with Gasteiger partial charge >= 0.3 is 6.61 Å². The van der Waals surface area contributed by atoms with Gasteiger partial charge in [0.25, 0.3) is 0 Å². The number of alkyl halides is 2. The molecule has 0 heterocycles. The number of hydrogen-bond acceptors (Lipinski definition) is 2. The van der Waals surface area contributed by atoms with E-state index in [9.17, 15) is 8.78 Å². The van der Waals surface area contributed by atoms with Crippen LogP contribution in [0.15, 0.2) is 23.2 Å². The van der Waals surface area contributed by atoms with Crippen LogP contribution in [0.3, 0.4) is 0 Å². The van der Waals surface area contributed by atoms with E-state index in [2.05, 4.69) is 20.4 Å². The average molecular weight is 332 g/mol. The van der Waals surface area contributed by atoms with Crippen LogP contribution < -0.4 is 15.4 Å². The van der Waals surface area contributed by atoms with Gasteiger partial charge in [0, 0.05) is 30.7 Å². The zero-order valence-electron chi connectivity index (χ0n) is 12.4. The first-order valence-electron chi connectivity index (χ1n) is 7.26. The topological polar surface area (TPSA) is 45.7 Å². The molecule has 0 amide bonds. The molecule has 2 N–H and O–H groups in total. The van der Waals surface area contributed by atoms with Crippen molar-refractivity contribution in [2.24, 2.45) is 10.9 Å². The van der Waals surface area contributed by atoms with Crippen molar-refractivity contribution < 1.29 is 13.5 Å². The highest BCUT2D eigenvalue weighted by Gasteiger charge is 2.20. The molecular weight excluding hydrogens is 312 g/mol. The van der Waals surface area contributed by atoms with Crippen LogP contribution in [-0.4, -0.2) is 26.2 Å². The van der Waals surface area contributed by atoms with Crippen LogP contribution in [-0.2, 0) is 6.54 Å². The molecule has 7 heteroatoms. The lowest BCUT2D eigenvalue weighted by Gasteiger charge is -2.14. The molecule has 0 aliphatic heterocycles. The SMILES string of the molecule is CN=C(NCCC1CC1)NCc1cc(Cl)ccc1OC(F)F. The molecule has 1 aliphatic rings. The van der Waals surface area contributed by atoms with E-state index in [0.29, 0.717) is 23.1 Å². The number of benzene rings is 1. The van der Waals surface area contributed by atoms with Crippen molar-refractivity contribution in [3.8, 4) is 5.75 Å². The van der Waals surface area contributed by atoms with Gasteiger partial charge in [-0.15, -0.1) is 0 Å². The Bertz CT molecular complexity index is 522. The van der Waals surface area contributed by atoms with Crippen LogP contribution in [0.25, 0.3) is 0 Å². The molecule has 0 saturated heterocycles. The highest BCUT2D eigenvalue weighted by Crippen LogP contribution is 2.31. The molecule has 1 fully saturated rings. The molecule has 122 valence electrons. The van der Waals surface area contributed by atoms with E-state index in [0.717, 1.165) is 18.9 Å². The van der Waals surface area contributed by atoms with Crippen LogP contribution in [0.2, 0.25) is 5.02 Å².